The Bertz CT molecular complexity index is 1760. The molecule has 186 valence electrons. The van der Waals surface area contributed by atoms with E-state index >= 15 is 0 Å². The van der Waals surface area contributed by atoms with Gasteiger partial charge >= 0.3 is 5.97 Å². The second kappa shape index (κ2) is 9.46. The lowest BCUT2D eigenvalue weighted by molar-refractivity contribution is -0.137. The van der Waals surface area contributed by atoms with E-state index in [9.17, 15) is 19.2 Å². The molecule has 11 nitrogen and oxygen atoms in total. The zero-order valence-corrected chi connectivity index (χ0v) is 19.5. The monoisotopic (exact) mass is 501 g/mol. The maximum Gasteiger partial charge on any atom is 0.325 e. The number of nitriles is 1. The molecule has 0 spiro atoms. The van der Waals surface area contributed by atoms with Crippen LogP contribution in [0.2, 0.25) is 0 Å². The third-order valence-corrected chi connectivity index (χ3v) is 5.97. The van der Waals surface area contributed by atoms with Crippen molar-refractivity contribution in [3.8, 4) is 23.1 Å². The van der Waals surface area contributed by atoms with Crippen LogP contribution in [-0.4, -0.2) is 49.0 Å². The predicted molar refractivity (Wildman–Crippen MR) is 133 cm³/mol. The first-order chi connectivity index (χ1) is 17.9. The fourth-order valence-corrected chi connectivity index (χ4v) is 4.33. The second-order valence-electron chi connectivity index (χ2n) is 8.17. The van der Waals surface area contributed by atoms with Gasteiger partial charge in [-0.25, -0.2) is 14.4 Å². The highest BCUT2D eigenvalue weighted by Gasteiger charge is 2.16. The number of aromatic amines is 1. The van der Waals surface area contributed by atoms with Crippen molar-refractivity contribution >= 4 is 33.6 Å². The number of carboxylic acids is 1. The number of methoxy groups -OCH3 is 1. The maximum absolute atomic E-state index is 14.6. The molecule has 0 fully saturated rings. The third kappa shape index (κ3) is 4.34. The minimum absolute atomic E-state index is 0.284. The topological polar surface area (TPSA) is 151 Å². The lowest BCUT2D eigenvalue weighted by Gasteiger charge is -2.11. The van der Waals surface area contributed by atoms with Gasteiger partial charge in [-0.3, -0.25) is 19.4 Å². The molecule has 2 aromatic carbocycles. The van der Waals surface area contributed by atoms with Gasteiger partial charge in [0.25, 0.3) is 5.56 Å². The number of aliphatic carboxylic acids is 1. The van der Waals surface area contributed by atoms with Crippen LogP contribution in [0.25, 0.3) is 33.1 Å². The van der Waals surface area contributed by atoms with E-state index in [4.69, 9.17) is 9.84 Å². The molecule has 5 rings (SSSR count). The van der Waals surface area contributed by atoms with Crippen LogP contribution in [0, 0.1) is 17.1 Å². The van der Waals surface area contributed by atoms with Gasteiger partial charge in [0.05, 0.1) is 29.2 Å². The molecule has 0 aliphatic rings. The van der Waals surface area contributed by atoms with Crippen LogP contribution >= 0.6 is 0 Å². The quantitative estimate of drug-likeness (QED) is 0.294. The van der Waals surface area contributed by atoms with Crippen LogP contribution in [0.5, 0.6) is 5.75 Å². The van der Waals surface area contributed by atoms with Crippen molar-refractivity contribution in [2.45, 2.75) is 13.1 Å². The molecule has 0 aliphatic heterocycles. The fourth-order valence-electron chi connectivity index (χ4n) is 4.33. The molecule has 12 heteroatoms. The van der Waals surface area contributed by atoms with Crippen molar-refractivity contribution in [1.82, 2.24) is 24.3 Å². The van der Waals surface area contributed by atoms with Crippen LogP contribution in [0.4, 0.5) is 10.2 Å². The molecule has 3 aromatic heterocycles. The number of carboxylic acid groups (broad SMARTS) is 1. The van der Waals surface area contributed by atoms with Crippen LogP contribution in [0.1, 0.15) is 5.69 Å². The Kier molecular flexibility index (Phi) is 6.02. The van der Waals surface area contributed by atoms with Crippen molar-refractivity contribution in [3.63, 3.8) is 0 Å². The Morgan fingerprint density at radius 3 is 2.81 bits per heavy atom. The Hall–Kier alpha value is -5.18. The van der Waals surface area contributed by atoms with E-state index in [0.29, 0.717) is 51.4 Å². The van der Waals surface area contributed by atoms with Crippen molar-refractivity contribution in [3.05, 3.63) is 70.7 Å². The summed E-state index contributed by atoms with van der Waals surface area (Å²) in [5.74, 6) is -0.563. The summed E-state index contributed by atoms with van der Waals surface area (Å²) in [5, 5.41) is 25.3. The van der Waals surface area contributed by atoms with Gasteiger partial charge in [0.1, 0.15) is 42.0 Å². The number of nitrogens with zero attached hydrogens (tertiary/aromatic N) is 5. The second-order valence-corrected chi connectivity index (χ2v) is 8.17. The van der Waals surface area contributed by atoms with Gasteiger partial charge in [-0.2, -0.15) is 5.26 Å². The summed E-state index contributed by atoms with van der Waals surface area (Å²) < 4.78 is 22.8. The first kappa shape index (κ1) is 23.6. The van der Waals surface area contributed by atoms with Crippen molar-refractivity contribution < 1.29 is 19.0 Å². The molecule has 5 aromatic rings. The summed E-state index contributed by atoms with van der Waals surface area (Å²) in [7, 11) is 1.49. The molecular weight excluding hydrogens is 481 g/mol. The SMILES string of the molecule is COc1ccc(F)c2c1cc(C#N)n2CCNc1cc(-c2ccc3c(=O)[nH]n(CC(=O)O)c3c2)ncn1. The summed E-state index contributed by atoms with van der Waals surface area (Å²) in [6.07, 6.45) is 1.37. The van der Waals surface area contributed by atoms with Crippen LogP contribution in [-0.2, 0) is 17.9 Å². The van der Waals surface area contributed by atoms with E-state index in [1.165, 1.54) is 30.3 Å². The summed E-state index contributed by atoms with van der Waals surface area (Å²) >= 11 is 0. The summed E-state index contributed by atoms with van der Waals surface area (Å²) in [6, 6.07) is 13.2. The van der Waals surface area contributed by atoms with E-state index in [1.54, 1.807) is 34.9 Å². The van der Waals surface area contributed by atoms with E-state index in [2.05, 4.69) is 26.5 Å². The molecule has 0 aliphatic carbocycles. The number of hydrogen-bond donors (Lipinski definition) is 3. The Morgan fingerprint density at radius 1 is 1.22 bits per heavy atom. The van der Waals surface area contributed by atoms with E-state index < -0.39 is 11.8 Å². The van der Waals surface area contributed by atoms with Gasteiger partial charge in [0, 0.05) is 30.1 Å². The minimum Gasteiger partial charge on any atom is -0.496 e. The molecule has 37 heavy (non-hydrogen) atoms. The largest absolute Gasteiger partial charge is 0.496 e. The number of rotatable bonds is 8. The first-order valence-electron chi connectivity index (χ1n) is 11.2. The van der Waals surface area contributed by atoms with E-state index in [1.807, 2.05) is 0 Å². The Labute approximate surface area is 208 Å². The van der Waals surface area contributed by atoms with Gasteiger partial charge in [0.2, 0.25) is 0 Å². The van der Waals surface area contributed by atoms with Gasteiger partial charge in [0.15, 0.2) is 0 Å². The molecule has 0 amide bonds. The number of hydrogen-bond acceptors (Lipinski definition) is 7. The van der Waals surface area contributed by atoms with Gasteiger partial charge in [-0.1, -0.05) is 6.07 Å². The zero-order valence-electron chi connectivity index (χ0n) is 19.5. The highest BCUT2D eigenvalue weighted by molar-refractivity contribution is 5.89. The number of aromatic nitrogens is 5. The number of nitrogens with one attached hydrogen (secondary N) is 2. The highest BCUT2D eigenvalue weighted by atomic mass is 19.1. The van der Waals surface area contributed by atoms with Crippen LogP contribution < -0.4 is 15.6 Å². The lowest BCUT2D eigenvalue weighted by Crippen LogP contribution is -2.13. The molecule has 3 N–H and O–H groups in total. The number of fused-ring (bicyclic) bond motifs is 2. The normalized spacial score (nSPS) is 11.1. The molecule has 3 heterocycles. The van der Waals surface area contributed by atoms with E-state index in [-0.39, 0.29) is 24.2 Å². The average molecular weight is 501 g/mol. The zero-order chi connectivity index (χ0) is 26.1. The maximum atomic E-state index is 14.6. The summed E-state index contributed by atoms with van der Waals surface area (Å²) in [4.78, 5) is 31.8. The molecule has 0 saturated carbocycles. The minimum atomic E-state index is -1.08. The Morgan fingerprint density at radius 2 is 2.05 bits per heavy atom. The molecule has 0 atom stereocenters. The number of ether oxygens (including phenoxy) is 1. The molecular formula is C25H20FN7O4. The smallest absolute Gasteiger partial charge is 0.325 e. The third-order valence-electron chi connectivity index (χ3n) is 5.97. The molecule has 0 unspecified atom stereocenters. The molecule has 0 bridgehead atoms. The standard InChI is InChI=1S/C25H20FN7O4/c1-37-21-5-4-18(26)24-17(21)9-15(11-27)32(24)7-6-28-22-10-19(29-13-30-22)14-2-3-16-20(8-14)33(12-23(34)35)31-25(16)36/h2-5,8-10,13H,6-7,12H2,1H3,(H,31,36)(H,34,35)(H,28,29,30). The number of halogens is 1. The highest BCUT2D eigenvalue weighted by Crippen LogP contribution is 2.31. The fraction of sp³-hybridized carbons (Fsp3) is 0.160. The summed E-state index contributed by atoms with van der Waals surface area (Å²) in [5.41, 5.74) is 1.86. The van der Waals surface area contributed by atoms with Crippen LogP contribution in [0.15, 0.2) is 53.6 Å². The molecule has 0 radical (unpaired) electrons. The average Bonchev–Trinajstić information content (AvgIpc) is 3.42. The number of carbonyl (C=O) groups is 1. The number of anilines is 1. The lowest BCUT2D eigenvalue weighted by atomic mass is 10.1. The van der Waals surface area contributed by atoms with Crippen molar-refractivity contribution in [1.29, 1.82) is 5.26 Å². The van der Waals surface area contributed by atoms with Crippen molar-refractivity contribution in [2.75, 3.05) is 19.0 Å². The molecule has 0 saturated heterocycles. The predicted octanol–water partition coefficient (Wildman–Crippen LogP) is 2.96. The van der Waals surface area contributed by atoms with E-state index in [0.717, 1.165) is 0 Å². The number of H-pyrrole nitrogens is 1. The number of benzene rings is 2. The van der Waals surface area contributed by atoms with Gasteiger partial charge in [-0.15, -0.1) is 0 Å². The van der Waals surface area contributed by atoms with Gasteiger partial charge in [-0.05, 0) is 30.3 Å². The first-order valence-corrected chi connectivity index (χ1v) is 11.2. The van der Waals surface area contributed by atoms with Crippen LogP contribution in [0.3, 0.4) is 0 Å². The van der Waals surface area contributed by atoms with Gasteiger partial charge < -0.3 is 19.7 Å². The van der Waals surface area contributed by atoms with Crippen molar-refractivity contribution in [2.24, 2.45) is 0 Å². The Balaban J connectivity index is 1.39. The summed E-state index contributed by atoms with van der Waals surface area (Å²) in [6.45, 7) is 0.233.